The fraction of sp³-hybridized carbons (Fsp3) is 0.625. The monoisotopic (exact) mass is 293 g/mol. The molecule has 0 aliphatic heterocycles. The molecule has 1 aromatic rings. The van der Waals surface area contributed by atoms with Crippen LogP contribution in [-0.2, 0) is 16.1 Å². The number of hydrogen-bond donors (Lipinski definition) is 2. The summed E-state index contributed by atoms with van der Waals surface area (Å²) in [6.07, 6.45) is 2.62. The Morgan fingerprint density at radius 1 is 1.24 bits per heavy atom. The number of carbonyl (C=O) groups is 2. The highest BCUT2D eigenvalue weighted by atomic mass is 16.4. The van der Waals surface area contributed by atoms with E-state index in [0.717, 1.165) is 0 Å². The van der Waals surface area contributed by atoms with Gasteiger partial charge in [-0.3, -0.25) is 9.59 Å². The molecule has 0 aromatic carbocycles. The molecule has 0 spiro atoms. The minimum Gasteiger partial charge on any atom is -0.481 e. The van der Waals surface area contributed by atoms with Gasteiger partial charge in [-0.05, 0) is 37.3 Å². The minimum atomic E-state index is -0.899. The van der Waals surface area contributed by atoms with Crippen LogP contribution in [0.2, 0.25) is 0 Å². The molecule has 0 saturated heterocycles. The van der Waals surface area contributed by atoms with Gasteiger partial charge in [-0.15, -0.1) is 0 Å². The van der Waals surface area contributed by atoms with Gasteiger partial charge in [-0.25, -0.2) is 0 Å². The molecule has 0 bridgehead atoms. The predicted molar refractivity (Wildman–Crippen MR) is 77.4 cm³/mol. The zero-order chi connectivity index (χ0) is 15.9. The van der Waals surface area contributed by atoms with Crippen molar-refractivity contribution < 1.29 is 19.1 Å². The van der Waals surface area contributed by atoms with E-state index in [0.29, 0.717) is 25.1 Å². The molecule has 2 unspecified atom stereocenters. The second-order valence-corrected chi connectivity index (χ2v) is 6.86. The van der Waals surface area contributed by atoms with E-state index in [9.17, 15) is 14.7 Å². The summed E-state index contributed by atoms with van der Waals surface area (Å²) in [6, 6.07) is 3.56. The van der Waals surface area contributed by atoms with Crippen LogP contribution in [-0.4, -0.2) is 17.0 Å². The van der Waals surface area contributed by atoms with Crippen LogP contribution in [0.4, 0.5) is 0 Å². The molecule has 5 heteroatoms. The molecule has 1 heterocycles. The summed E-state index contributed by atoms with van der Waals surface area (Å²) < 4.78 is 5.20. The molecule has 2 rings (SSSR count). The maximum absolute atomic E-state index is 12.6. The van der Waals surface area contributed by atoms with Crippen molar-refractivity contribution in [3.05, 3.63) is 24.2 Å². The summed E-state index contributed by atoms with van der Waals surface area (Å²) in [7, 11) is 0. The van der Waals surface area contributed by atoms with E-state index in [1.807, 2.05) is 20.8 Å². The number of nitrogens with one attached hydrogen (secondary N) is 1. The number of carbonyl (C=O) groups excluding carboxylic acids is 1. The summed E-state index contributed by atoms with van der Waals surface area (Å²) in [5, 5.41) is 12.4. The standard InChI is InChI=1S/C16H23NO4/c1-14(2)15(3,7-8-16(14,4)13(19)20)12(18)17-10-11-6-5-9-21-11/h5-6,9H,7-8,10H2,1-4H3,(H,17,18)(H,19,20). The van der Waals surface area contributed by atoms with Crippen LogP contribution in [0.15, 0.2) is 22.8 Å². The van der Waals surface area contributed by atoms with Gasteiger partial charge >= 0.3 is 5.97 Å². The van der Waals surface area contributed by atoms with Crippen molar-refractivity contribution in [3.8, 4) is 0 Å². The van der Waals surface area contributed by atoms with E-state index < -0.39 is 22.2 Å². The van der Waals surface area contributed by atoms with Crippen LogP contribution in [0.1, 0.15) is 46.3 Å². The van der Waals surface area contributed by atoms with Crippen LogP contribution in [0.5, 0.6) is 0 Å². The predicted octanol–water partition coefficient (Wildman–Crippen LogP) is 2.81. The zero-order valence-corrected chi connectivity index (χ0v) is 13.0. The Balaban J connectivity index is 2.18. The Morgan fingerprint density at radius 2 is 1.86 bits per heavy atom. The maximum Gasteiger partial charge on any atom is 0.309 e. The van der Waals surface area contributed by atoms with Crippen molar-refractivity contribution in [3.63, 3.8) is 0 Å². The normalized spacial score (nSPS) is 31.0. The van der Waals surface area contributed by atoms with Crippen LogP contribution in [0.3, 0.4) is 0 Å². The van der Waals surface area contributed by atoms with Gasteiger partial charge in [-0.2, -0.15) is 0 Å². The van der Waals surface area contributed by atoms with Crippen LogP contribution in [0, 0.1) is 16.2 Å². The van der Waals surface area contributed by atoms with Gasteiger partial charge in [0.15, 0.2) is 0 Å². The highest BCUT2D eigenvalue weighted by Crippen LogP contribution is 2.62. The summed E-state index contributed by atoms with van der Waals surface area (Å²) in [6.45, 7) is 7.67. The lowest BCUT2D eigenvalue weighted by molar-refractivity contribution is -0.158. The number of hydrogen-bond acceptors (Lipinski definition) is 3. The third-order valence-corrected chi connectivity index (χ3v) is 5.86. The first-order valence-electron chi connectivity index (χ1n) is 7.19. The molecule has 21 heavy (non-hydrogen) atoms. The molecule has 116 valence electrons. The molecular formula is C16H23NO4. The van der Waals surface area contributed by atoms with Crippen LogP contribution < -0.4 is 5.32 Å². The number of amides is 1. The number of carboxylic acid groups (broad SMARTS) is 1. The highest BCUT2D eigenvalue weighted by Gasteiger charge is 2.64. The van der Waals surface area contributed by atoms with Crippen molar-refractivity contribution in [2.24, 2.45) is 16.2 Å². The number of carboxylic acids is 1. The van der Waals surface area contributed by atoms with E-state index in [2.05, 4.69) is 5.32 Å². The Bertz CT molecular complexity index is 549. The number of aliphatic carboxylic acids is 1. The van der Waals surface area contributed by atoms with E-state index >= 15 is 0 Å². The molecule has 1 aliphatic rings. The summed E-state index contributed by atoms with van der Waals surface area (Å²) in [4.78, 5) is 24.3. The zero-order valence-electron chi connectivity index (χ0n) is 13.0. The Morgan fingerprint density at radius 3 is 2.33 bits per heavy atom. The fourth-order valence-electron chi connectivity index (χ4n) is 3.28. The summed E-state index contributed by atoms with van der Waals surface area (Å²) in [5.41, 5.74) is -2.25. The lowest BCUT2D eigenvalue weighted by Crippen LogP contribution is -2.51. The molecule has 1 saturated carbocycles. The first-order chi connectivity index (χ1) is 9.65. The van der Waals surface area contributed by atoms with Gasteiger partial charge in [0.1, 0.15) is 5.76 Å². The van der Waals surface area contributed by atoms with E-state index in [-0.39, 0.29) is 5.91 Å². The number of furan rings is 1. The molecule has 1 fully saturated rings. The molecule has 0 radical (unpaired) electrons. The molecule has 2 atom stereocenters. The van der Waals surface area contributed by atoms with Gasteiger partial charge < -0.3 is 14.8 Å². The maximum atomic E-state index is 12.6. The van der Waals surface area contributed by atoms with E-state index in [4.69, 9.17) is 4.42 Å². The van der Waals surface area contributed by atoms with Gasteiger partial charge in [0, 0.05) is 0 Å². The lowest BCUT2D eigenvalue weighted by atomic mass is 9.59. The SMILES string of the molecule is CC1(C(=O)O)CCC(C)(C(=O)NCc2ccco2)C1(C)C. The van der Waals surface area contributed by atoms with E-state index in [1.54, 1.807) is 25.3 Å². The topological polar surface area (TPSA) is 79.5 Å². The second-order valence-electron chi connectivity index (χ2n) is 6.86. The van der Waals surface area contributed by atoms with Crippen LogP contribution >= 0.6 is 0 Å². The summed E-state index contributed by atoms with van der Waals surface area (Å²) >= 11 is 0. The minimum absolute atomic E-state index is 0.117. The fourth-order valence-corrected chi connectivity index (χ4v) is 3.28. The second kappa shape index (κ2) is 4.90. The van der Waals surface area contributed by atoms with Crippen molar-refractivity contribution in [2.45, 2.75) is 47.1 Å². The van der Waals surface area contributed by atoms with Gasteiger partial charge in [-0.1, -0.05) is 20.8 Å². The van der Waals surface area contributed by atoms with Gasteiger partial charge in [0.2, 0.25) is 5.91 Å². The first kappa shape index (κ1) is 15.6. The number of rotatable bonds is 4. The van der Waals surface area contributed by atoms with Gasteiger partial charge in [0.05, 0.1) is 23.6 Å². The van der Waals surface area contributed by atoms with Crippen molar-refractivity contribution >= 4 is 11.9 Å². The van der Waals surface area contributed by atoms with E-state index in [1.165, 1.54) is 0 Å². The smallest absolute Gasteiger partial charge is 0.309 e. The summed E-state index contributed by atoms with van der Waals surface area (Å²) in [5.74, 6) is -0.271. The molecule has 5 nitrogen and oxygen atoms in total. The Hall–Kier alpha value is -1.78. The third-order valence-electron chi connectivity index (χ3n) is 5.86. The highest BCUT2D eigenvalue weighted by molar-refractivity contribution is 5.86. The molecule has 1 aromatic heterocycles. The molecule has 2 N–H and O–H groups in total. The van der Waals surface area contributed by atoms with Crippen LogP contribution in [0.25, 0.3) is 0 Å². The average Bonchev–Trinajstić information content (AvgIpc) is 2.99. The van der Waals surface area contributed by atoms with Crippen molar-refractivity contribution in [1.29, 1.82) is 0 Å². The molecular weight excluding hydrogens is 270 g/mol. The molecule has 1 aliphatic carbocycles. The Labute approximate surface area is 124 Å². The third kappa shape index (κ3) is 2.15. The quantitative estimate of drug-likeness (QED) is 0.894. The van der Waals surface area contributed by atoms with Crippen molar-refractivity contribution in [2.75, 3.05) is 0 Å². The lowest BCUT2D eigenvalue weighted by Gasteiger charge is -2.44. The Kier molecular flexibility index (Phi) is 3.64. The average molecular weight is 293 g/mol. The largest absolute Gasteiger partial charge is 0.481 e. The molecule has 1 amide bonds. The van der Waals surface area contributed by atoms with Crippen molar-refractivity contribution in [1.82, 2.24) is 5.32 Å². The van der Waals surface area contributed by atoms with Gasteiger partial charge in [0.25, 0.3) is 0 Å². The first-order valence-corrected chi connectivity index (χ1v) is 7.19.